The van der Waals surface area contributed by atoms with E-state index < -0.39 is 11.9 Å². The van der Waals surface area contributed by atoms with Crippen LogP contribution in [0.2, 0.25) is 0 Å². The number of benzene rings is 1. The van der Waals surface area contributed by atoms with Gasteiger partial charge >= 0.3 is 11.9 Å². The molecular formula is C9H6N2O4. The summed E-state index contributed by atoms with van der Waals surface area (Å²) in [6.45, 7) is 0. The molecule has 0 saturated heterocycles. The minimum Gasteiger partial charge on any atom is -0.478 e. The molecule has 6 nitrogen and oxygen atoms in total. The zero-order chi connectivity index (χ0) is 11.0. The molecule has 6 heteroatoms. The molecule has 0 unspecified atom stereocenters. The summed E-state index contributed by atoms with van der Waals surface area (Å²) in [6, 6.07) is 2.54. The van der Waals surface area contributed by atoms with Crippen molar-refractivity contribution in [1.29, 1.82) is 0 Å². The van der Waals surface area contributed by atoms with E-state index in [-0.39, 0.29) is 11.1 Å². The monoisotopic (exact) mass is 206 g/mol. The van der Waals surface area contributed by atoms with Crippen molar-refractivity contribution >= 4 is 22.8 Å². The third-order valence-corrected chi connectivity index (χ3v) is 2.04. The number of hydrogen-bond donors (Lipinski definition) is 3. The second-order valence-corrected chi connectivity index (χ2v) is 2.97. The van der Waals surface area contributed by atoms with Crippen LogP contribution in [0.4, 0.5) is 0 Å². The van der Waals surface area contributed by atoms with Gasteiger partial charge in [-0.25, -0.2) is 9.59 Å². The largest absolute Gasteiger partial charge is 0.478 e. The molecule has 0 bridgehead atoms. The lowest BCUT2D eigenvalue weighted by Crippen LogP contribution is -2.07. The smallest absolute Gasteiger partial charge is 0.336 e. The van der Waals surface area contributed by atoms with Crippen LogP contribution in [0.15, 0.2) is 18.3 Å². The molecule has 0 aliphatic heterocycles. The van der Waals surface area contributed by atoms with Crippen molar-refractivity contribution in [2.24, 2.45) is 0 Å². The fourth-order valence-corrected chi connectivity index (χ4v) is 1.35. The van der Waals surface area contributed by atoms with Crippen LogP contribution in [0.1, 0.15) is 20.7 Å². The molecule has 0 aliphatic carbocycles. The Hall–Kier alpha value is -2.37. The van der Waals surface area contributed by atoms with E-state index in [0.29, 0.717) is 10.9 Å². The van der Waals surface area contributed by atoms with Crippen molar-refractivity contribution in [3.8, 4) is 0 Å². The zero-order valence-electron chi connectivity index (χ0n) is 7.39. The van der Waals surface area contributed by atoms with Gasteiger partial charge in [-0.15, -0.1) is 0 Å². The number of hydrogen-bond acceptors (Lipinski definition) is 3. The number of carboxylic acid groups (broad SMARTS) is 2. The Morgan fingerprint density at radius 2 is 1.73 bits per heavy atom. The highest BCUT2D eigenvalue weighted by Gasteiger charge is 2.17. The van der Waals surface area contributed by atoms with Crippen LogP contribution in [0.5, 0.6) is 0 Å². The molecular weight excluding hydrogens is 200 g/mol. The van der Waals surface area contributed by atoms with Crippen LogP contribution in [0.25, 0.3) is 10.9 Å². The number of nitrogens with zero attached hydrogens (tertiary/aromatic N) is 1. The molecule has 0 atom stereocenters. The normalized spacial score (nSPS) is 10.4. The molecule has 1 heterocycles. The highest BCUT2D eigenvalue weighted by Crippen LogP contribution is 2.18. The first-order valence-corrected chi connectivity index (χ1v) is 4.03. The SMILES string of the molecule is O=C(O)c1cc2cn[nH]c2cc1C(=O)O. The Balaban J connectivity index is 2.79. The van der Waals surface area contributed by atoms with Crippen LogP contribution >= 0.6 is 0 Å². The summed E-state index contributed by atoms with van der Waals surface area (Å²) in [7, 11) is 0. The van der Waals surface area contributed by atoms with Gasteiger partial charge in [-0.2, -0.15) is 5.10 Å². The molecule has 1 aromatic carbocycles. The number of carboxylic acids is 2. The number of nitrogens with one attached hydrogen (secondary N) is 1. The van der Waals surface area contributed by atoms with Crippen molar-refractivity contribution in [3.05, 3.63) is 29.5 Å². The van der Waals surface area contributed by atoms with Crippen molar-refractivity contribution in [2.75, 3.05) is 0 Å². The number of aromatic nitrogens is 2. The Morgan fingerprint density at radius 1 is 1.13 bits per heavy atom. The molecule has 0 saturated carbocycles. The number of fused-ring (bicyclic) bond motifs is 1. The summed E-state index contributed by atoms with van der Waals surface area (Å²) < 4.78 is 0. The lowest BCUT2D eigenvalue weighted by atomic mass is 10.1. The molecule has 2 aromatic rings. The lowest BCUT2D eigenvalue weighted by molar-refractivity contribution is 0.0652. The van der Waals surface area contributed by atoms with E-state index in [1.807, 2.05) is 0 Å². The van der Waals surface area contributed by atoms with Crippen molar-refractivity contribution in [2.45, 2.75) is 0 Å². The fourth-order valence-electron chi connectivity index (χ4n) is 1.35. The van der Waals surface area contributed by atoms with Gasteiger partial charge in [0, 0.05) is 5.39 Å². The Kier molecular flexibility index (Phi) is 1.89. The maximum Gasteiger partial charge on any atom is 0.336 e. The van der Waals surface area contributed by atoms with Gasteiger partial charge in [0.25, 0.3) is 0 Å². The first-order valence-electron chi connectivity index (χ1n) is 4.03. The maximum atomic E-state index is 10.8. The first kappa shape index (κ1) is 9.20. The number of rotatable bonds is 2. The summed E-state index contributed by atoms with van der Waals surface area (Å²) in [4.78, 5) is 21.6. The number of H-pyrrole nitrogens is 1. The van der Waals surface area contributed by atoms with Gasteiger partial charge in [0.2, 0.25) is 0 Å². The Morgan fingerprint density at radius 3 is 2.33 bits per heavy atom. The van der Waals surface area contributed by atoms with Crippen LogP contribution in [0.3, 0.4) is 0 Å². The second kappa shape index (κ2) is 3.09. The molecule has 76 valence electrons. The fraction of sp³-hybridized carbons (Fsp3) is 0. The molecule has 2 rings (SSSR count). The highest BCUT2D eigenvalue weighted by atomic mass is 16.4. The summed E-state index contributed by atoms with van der Waals surface area (Å²) in [5.41, 5.74) is 0.00745. The predicted octanol–water partition coefficient (Wildman–Crippen LogP) is 0.959. The van der Waals surface area contributed by atoms with Gasteiger partial charge in [-0.1, -0.05) is 0 Å². The van der Waals surface area contributed by atoms with Crippen molar-refractivity contribution < 1.29 is 19.8 Å². The third kappa shape index (κ3) is 1.41. The van der Waals surface area contributed by atoms with E-state index >= 15 is 0 Å². The molecule has 0 aliphatic rings. The summed E-state index contributed by atoms with van der Waals surface area (Å²) in [5, 5.41) is 24.5. The Bertz CT molecular complexity index is 510. The van der Waals surface area contributed by atoms with Gasteiger partial charge in [0.1, 0.15) is 0 Å². The average molecular weight is 206 g/mol. The van der Waals surface area contributed by atoms with Gasteiger partial charge in [-0.3, -0.25) is 5.10 Å². The number of carbonyl (C=O) groups is 2. The quantitative estimate of drug-likeness (QED) is 0.678. The van der Waals surface area contributed by atoms with E-state index in [1.165, 1.54) is 18.3 Å². The standard InChI is InChI=1S/C9H6N2O4/c12-8(13)5-1-4-3-10-11-7(4)2-6(5)9(14)15/h1-3H,(H,10,11)(H,12,13)(H,14,15). The zero-order valence-corrected chi connectivity index (χ0v) is 7.39. The Labute approximate surface area is 83.2 Å². The van der Waals surface area contributed by atoms with E-state index in [0.717, 1.165) is 0 Å². The maximum absolute atomic E-state index is 10.8. The number of aromatic amines is 1. The van der Waals surface area contributed by atoms with Crippen LogP contribution in [-0.2, 0) is 0 Å². The molecule has 0 radical (unpaired) electrons. The highest BCUT2D eigenvalue weighted by molar-refractivity contribution is 6.05. The van der Waals surface area contributed by atoms with E-state index in [4.69, 9.17) is 10.2 Å². The van der Waals surface area contributed by atoms with Crippen LogP contribution < -0.4 is 0 Å². The molecule has 0 fully saturated rings. The molecule has 1 aromatic heterocycles. The average Bonchev–Trinajstić information content (AvgIpc) is 2.61. The van der Waals surface area contributed by atoms with Crippen LogP contribution in [0, 0.1) is 0 Å². The summed E-state index contributed by atoms with van der Waals surface area (Å²) in [6.07, 6.45) is 1.44. The topological polar surface area (TPSA) is 103 Å². The molecule has 15 heavy (non-hydrogen) atoms. The minimum atomic E-state index is -1.27. The van der Waals surface area contributed by atoms with E-state index in [9.17, 15) is 9.59 Å². The minimum absolute atomic E-state index is 0.239. The summed E-state index contributed by atoms with van der Waals surface area (Å²) >= 11 is 0. The first-order chi connectivity index (χ1) is 7.09. The molecule has 3 N–H and O–H groups in total. The van der Waals surface area contributed by atoms with Crippen molar-refractivity contribution in [3.63, 3.8) is 0 Å². The molecule has 0 amide bonds. The van der Waals surface area contributed by atoms with Gasteiger partial charge in [0.15, 0.2) is 0 Å². The van der Waals surface area contributed by atoms with Gasteiger partial charge in [-0.05, 0) is 12.1 Å². The molecule has 0 spiro atoms. The lowest BCUT2D eigenvalue weighted by Gasteiger charge is -2.00. The number of aromatic carboxylic acids is 2. The summed E-state index contributed by atoms with van der Waals surface area (Å²) in [5.74, 6) is -2.54. The van der Waals surface area contributed by atoms with Crippen molar-refractivity contribution in [1.82, 2.24) is 10.2 Å². The van der Waals surface area contributed by atoms with Crippen LogP contribution in [-0.4, -0.2) is 32.3 Å². The second-order valence-electron chi connectivity index (χ2n) is 2.97. The van der Waals surface area contributed by atoms with Gasteiger partial charge in [0.05, 0.1) is 22.8 Å². The van der Waals surface area contributed by atoms with E-state index in [2.05, 4.69) is 10.2 Å². The third-order valence-electron chi connectivity index (χ3n) is 2.04. The predicted molar refractivity (Wildman–Crippen MR) is 50.0 cm³/mol. The van der Waals surface area contributed by atoms with Gasteiger partial charge < -0.3 is 10.2 Å². The van der Waals surface area contributed by atoms with E-state index in [1.54, 1.807) is 0 Å².